The van der Waals surface area contributed by atoms with Gasteiger partial charge in [0.1, 0.15) is 6.10 Å². The first-order valence-corrected chi connectivity index (χ1v) is 27.7. The van der Waals surface area contributed by atoms with Gasteiger partial charge >= 0.3 is 5.97 Å². The zero-order chi connectivity index (χ0) is 45.9. The molecule has 0 saturated heterocycles. The molecule has 0 radical (unpaired) electrons. The van der Waals surface area contributed by atoms with E-state index in [1.165, 1.54) is 173 Å². The number of unbranched alkanes of at least 4 members (excludes halogenated alkanes) is 34. The maximum Gasteiger partial charge on any atom is 0.306 e. The van der Waals surface area contributed by atoms with Crippen LogP contribution in [0.15, 0.2) is 36.5 Å². The van der Waals surface area contributed by atoms with Crippen molar-refractivity contribution in [1.82, 2.24) is 5.32 Å². The van der Waals surface area contributed by atoms with Crippen molar-refractivity contribution in [3.8, 4) is 0 Å². The number of esters is 1. The van der Waals surface area contributed by atoms with Crippen LogP contribution in [0.5, 0.6) is 0 Å². The van der Waals surface area contributed by atoms with E-state index in [4.69, 9.17) is 4.74 Å². The van der Waals surface area contributed by atoms with Crippen LogP contribution in [0.1, 0.15) is 290 Å². The normalized spacial score (nSPS) is 13.4. The molecule has 0 saturated carbocycles. The molecule has 3 atom stereocenters. The number of ether oxygens (including phenoxy) is 1. The molecule has 1 amide bonds. The van der Waals surface area contributed by atoms with Crippen LogP contribution >= 0.6 is 0 Å². The summed E-state index contributed by atoms with van der Waals surface area (Å²) in [7, 11) is 0. The molecular weight excluding hydrogens is 779 g/mol. The van der Waals surface area contributed by atoms with Gasteiger partial charge in [0.05, 0.1) is 25.2 Å². The molecule has 0 aromatic rings. The van der Waals surface area contributed by atoms with Crippen LogP contribution in [0.25, 0.3) is 0 Å². The van der Waals surface area contributed by atoms with Crippen molar-refractivity contribution < 1.29 is 24.5 Å². The zero-order valence-electron chi connectivity index (χ0n) is 42.2. The maximum absolute atomic E-state index is 13.2. The van der Waals surface area contributed by atoms with Crippen LogP contribution in [-0.4, -0.2) is 46.9 Å². The van der Waals surface area contributed by atoms with Gasteiger partial charge in [0.25, 0.3) is 0 Å². The first-order chi connectivity index (χ1) is 31.0. The number of allylic oxidation sites excluding steroid dienone is 6. The predicted octanol–water partition coefficient (Wildman–Crippen LogP) is 16.8. The minimum atomic E-state index is -0.789. The highest BCUT2D eigenvalue weighted by atomic mass is 16.5. The first-order valence-electron chi connectivity index (χ1n) is 27.7. The Hall–Kier alpha value is -1.92. The van der Waals surface area contributed by atoms with E-state index in [1.807, 2.05) is 0 Å². The Morgan fingerprint density at radius 3 is 1.29 bits per heavy atom. The van der Waals surface area contributed by atoms with Crippen molar-refractivity contribution in [2.24, 2.45) is 0 Å². The molecule has 0 spiro atoms. The summed E-state index contributed by atoms with van der Waals surface area (Å²) < 4.78 is 5.94. The van der Waals surface area contributed by atoms with Gasteiger partial charge in [-0.2, -0.15) is 0 Å². The van der Waals surface area contributed by atoms with Crippen LogP contribution in [-0.2, 0) is 14.3 Å². The Morgan fingerprint density at radius 1 is 0.476 bits per heavy atom. The number of amides is 1. The van der Waals surface area contributed by atoms with Gasteiger partial charge < -0.3 is 20.3 Å². The van der Waals surface area contributed by atoms with Crippen molar-refractivity contribution in [2.45, 2.75) is 309 Å². The van der Waals surface area contributed by atoms with Crippen molar-refractivity contribution >= 4 is 11.9 Å². The maximum atomic E-state index is 13.2. The summed E-state index contributed by atoms with van der Waals surface area (Å²) in [6.07, 6.45) is 60.6. The second-order valence-corrected chi connectivity index (χ2v) is 19.0. The number of carbonyl (C=O) groups is 2. The number of hydrogen-bond acceptors (Lipinski definition) is 5. The van der Waals surface area contributed by atoms with Crippen LogP contribution in [0.4, 0.5) is 0 Å². The first kappa shape index (κ1) is 61.1. The SMILES string of the molecule is CC/C=C/C=C/C=C\CCCCCCCC(=O)OC(CCCCCCCCCCCCCCCCCC)CC(=O)NC(CO)C(O)CCCCCCCCCCCCCCCCC. The molecule has 3 N–H and O–H groups in total. The third-order valence-electron chi connectivity index (χ3n) is 12.8. The van der Waals surface area contributed by atoms with Gasteiger partial charge in [-0.1, -0.05) is 269 Å². The van der Waals surface area contributed by atoms with Gasteiger partial charge in [-0.15, -0.1) is 0 Å². The Balaban J connectivity index is 4.54. The monoisotopic (exact) mass is 886 g/mol. The van der Waals surface area contributed by atoms with E-state index in [-0.39, 0.29) is 24.9 Å². The van der Waals surface area contributed by atoms with E-state index in [0.29, 0.717) is 19.3 Å². The van der Waals surface area contributed by atoms with E-state index < -0.39 is 18.2 Å². The van der Waals surface area contributed by atoms with Gasteiger partial charge in [-0.25, -0.2) is 0 Å². The fourth-order valence-corrected chi connectivity index (χ4v) is 8.61. The molecule has 0 bridgehead atoms. The van der Waals surface area contributed by atoms with Crippen LogP contribution in [0.2, 0.25) is 0 Å². The van der Waals surface area contributed by atoms with Gasteiger partial charge in [0, 0.05) is 6.42 Å². The molecule has 0 fully saturated rings. The lowest BCUT2D eigenvalue weighted by molar-refractivity contribution is -0.151. The topological polar surface area (TPSA) is 95.9 Å². The highest BCUT2D eigenvalue weighted by Gasteiger charge is 2.24. The van der Waals surface area contributed by atoms with Gasteiger partial charge in [-0.3, -0.25) is 9.59 Å². The highest BCUT2D eigenvalue weighted by molar-refractivity contribution is 5.77. The molecule has 3 unspecified atom stereocenters. The molecule has 370 valence electrons. The van der Waals surface area contributed by atoms with E-state index >= 15 is 0 Å². The van der Waals surface area contributed by atoms with Crippen molar-refractivity contribution in [3.63, 3.8) is 0 Å². The standard InChI is InChI=1S/C57H107NO5/c1-4-7-10-13-16-19-22-25-27-29-31-33-36-39-42-45-48-53(63-57(62)50-47-44-41-38-35-30-24-21-18-15-12-9-6-3)51-56(61)58-54(52-59)55(60)49-46-43-40-37-34-32-28-26-23-20-17-14-11-8-5-2/h9,12,15,18,21,24,53-55,59-60H,4-8,10-11,13-14,16-17,19-20,22-23,25-52H2,1-3H3,(H,58,61)/b12-9+,18-15+,24-21-. The van der Waals surface area contributed by atoms with E-state index in [0.717, 1.165) is 70.6 Å². The van der Waals surface area contributed by atoms with Crippen LogP contribution in [0.3, 0.4) is 0 Å². The average molecular weight is 886 g/mol. The van der Waals surface area contributed by atoms with Gasteiger partial charge in [-0.05, 0) is 44.9 Å². The summed E-state index contributed by atoms with van der Waals surface area (Å²) in [5.74, 6) is -0.483. The molecule has 6 nitrogen and oxygen atoms in total. The minimum absolute atomic E-state index is 0.0737. The third kappa shape index (κ3) is 46.4. The Morgan fingerprint density at radius 2 is 0.857 bits per heavy atom. The Kier molecular flexibility index (Phi) is 49.5. The summed E-state index contributed by atoms with van der Waals surface area (Å²) in [4.78, 5) is 26.2. The lowest BCUT2D eigenvalue weighted by Crippen LogP contribution is -2.46. The Labute approximate surface area is 392 Å². The molecule has 0 aromatic carbocycles. The summed E-state index contributed by atoms with van der Waals surface area (Å²) in [5, 5.41) is 23.9. The fraction of sp³-hybridized carbons (Fsp3) is 0.860. The summed E-state index contributed by atoms with van der Waals surface area (Å²) >= 11 is 0. The van der Waals surface area contributed by atoms with Crippen LogP contribution < -0.4 is 5.32 Å². The Bertz CT molecular complexity index is 1040. The van der Waals surface area contributed by atoms with Gasteiger partial charge in [0.15, 0.2) is 0 Å². The van der Waals surface area contributed by atoms with Crippen molar-refractivity contribution in [3.05, 3.63) is 36.5 Å². The quantitative estimate of drug-likeness (QED) is 0.0321. The molecule has 0 aromatic heterocycles. The molecular formula is C57H107NO5. The molecule has 0 aliphatic rings. The molecule has 0 rings (SSSR count). The van der Waals surface area contributed by atoms with E-state index in [1.54, 1.807) is 0 Å². The second-order valence-electron chi connectivity index (χ2n) is 19.0. The number of aliphatic hydroxyl groups is 2. The summed E-state index contributed by atoms with van der Waals surface area (Å²) in [6.45, 7) is 6.38. The van der Waals surface area contributed by atoms with Gasteiger partial charge in [0.2, 0.25) is 5.91 Å². The zero-order valence-corrected chi connectivity index (χ0v) is 42.2. The van der Waals surface area contributed by atoms with Crippen LogP contribution in [0, 0.1) is 0 Å². The second kappa shape index (κ2) is 51.1. The molecule has 0 aliphatic heterocycles. The lowest BCUT2D eigenvalue weighted by Gasteiger charge is -2.24. The van der Waals surface area contributed by atoms with E-state index in [9.17, 15) is 19.8 Å². The lowest BCUT2D eigenvalue weighted by atomic mass is 10.0. The van der Waals surface area contributed by atoms with Crippen molar-refractivity contribution in [1.29, 1.82) is 0 Å². The summed E-state index contributed by atoms with van der Waals surface area (Å²) in [6, 6.07) is -0.703. The molecule has 6 heteroatoms. The fourth-order valence-electron chi connectivity index (χ4n) is 8.61. The number of rotatable bonds is 50. The van der Waals surface area contributed by atoms with Crippen molar-refractivity contribution in [2.75, 3.05) is 6.61 Å². The molecule has 0 heterocycles. The molecule has 63 heavy (non-hydrogen) atoms. The molecule has 0 aliphatic carbocycles. The average Bonchev–Trinajstić information content (AvgIpc) is 3.28. The largest absolute Gasteiger partial charge is 0.462 e. The highest BCUT2D eigenvalue weighted by Crippen LogP contribution is 2.19. The smallest absolute Gasteiger partial charge is 0.306 e. The number of aliphatic hydroxyl groups excluding tert-OH is 2. The number of hydrogen-bond donors (Lipinski definition) is 3. The minimum Gasteiger partial charge on any atom is -0.462 e. The van der Waals surface area contributed by atoms with E-state index in [2.05, 4.69) is 62.5 Å². The predicted molar refractivity (Wildman–Crippen MR) is 273 cm³/mol. The number of carbonyl (C=O) groups excluding carboxylic acids is 2. The summed E-state index contributed by atoms with van der Waals surface area (Å²) in [5.41, 5.74) is 0. The number of nitrogens with one attached hydrogen (secondary N) is 1. The third-order valence-corrected chi connectivity index (χ3v) is 12.8.